The standard InChI is InChI=1S/C14H11FN2O/c1-9-3-4-11(8-17-9)13-12(15)6-5-10(7-16)14(13)18-2/h3-6,8H,1-2H3. The summed E-state index contributed by atoms with van der Waals surface area (Å²) in [4.78, 5) is 4.12. The van der Waals surface area contributed by atoms with Crippen molar-refractivity contribution in [3.8, 4) is 22.9 Å². The smallest absolute Gasteiger partial charge is 0.147 e. The highest BCUT2D eigenvalue weighted by Crippen LogP contribution is 2.34. The lowest BCUT2D eigenvalue weighted by Crippen LogP contribution is -1.96. The van der Waals surface area contributed by atoms with E-state index in [2.05, 4.69) is 4.98 Å². The lowest BCUT2D eigenvalue weighted by atomic mass is 10.0. The Labute approximate surface area is 104 Å². The molecule has 0 N–H and O–H groups in total. The summed E-state index contributed by atoms with van der Waals surface area (Å²) in [6.45, 7) is 1.85. The van der Waals surface area contributed by atoms with E-state index in [1.165, 1.54) is 19.2 Å². The highest BCUT2D eigenvalue weighted by Gasteiger charge is 2.16. The molecule has 90 valence electrons. The van der Waals surface area contributed by atoms with Gasteiger partial charge in [0.2, 0.25) is 0 Å². The third-order valence-electron chi connectivity index (χ3n) is 2.63. The van der Waals surface area contributed by atoms with E-state index >= 15 is 0 Å². The van der Waals surface area contributed by atoms with E-state index in [0.29, 0.717) is 11.1 Å². The molecule has 3 nitrogen and oxygen atoms in total. The maximum Gasteiger partial charge on any atom is 0.147 e. The van der Waals surface area contributed by atoms with E-state index in [0.717, 1.165) is 5.69 Å². The Kier molecular flexibility index (Phi) is 3.24. The topological polar surface area (TPSA) is 45.9 Å². The minimum atomic E-state index is -0.434. The quantitative estimate of drug-likeness (QED) is 0.813. The first-order valence-corrected chi connectivity index (χ1v) is 5.37. The van der Waals surface area contributed by atoms with Crippen molar-refractivity contribution in [3.05, 3.63) is 47.5 Å². The molecule has 0 radical (unpaired) electrons. The van der Waals surface area contributed by atoms with E-state index < -0.39 is 5.82 Å². The predicted molar refractivity (Wildman–Crippen MR) is 65.6 cm³/mol. The molecule has 4 heteroatoms. The number of aromatic nitrogens is 1. The molecule has 0 spiro atoms. The highest BCUT2D eigenvalue weighted by molar-refractivity contribution is 5.73. The second-order valence-corrected chi connectivity index (χ2v) is 3.80. The summed E-state index contributed by atoms with van der Waals surface area (Å²) in [7, 11) is 1.42. The fourth-order valence-corrected chi connectivity index (χ4v) is 1.74. The van der Waals surface area contributed by atoms with E-state index in [-0.39, 0.29) is 11.3 Å². The van der Waals surface area contributed by atoms with Crippen LogP contribution >= 0.6 is 0 Å². The monoisotopic (exact) mass is 242 g/mol. The first kappa shape index (κ1) is 12.1. The molecule has 0 aliphatic rings. The fraction of sp³-hybridized carbons (Fsp3) is 0.143. The number of benzene rings is 1. The zero-order valence-corrected chi connectivity index (χ0v) is 10.1. The van der Waals surface area contributed by atoms with E-state index in [1.807, 2.05) is 13.0 Å². The van der Waals surface area contributed by atoms with E-state index in [1.54, 1.807) is 18.3 Å². The molecule has 0 aliphatic heterocycles. The van der Waals surface area contributed by atoms with Gasteiger partial charge in [-0.2, -0.15) is 5.26 Å². The number of ether oxygens (including phenoxy) is 1. The average Bonchev–Trinajstić information content (AvgIpc) is 2.39. The van der Waals surface area contributed by atoms with Gasteiger partial charge in [0.15, 0.2) is 0 Å². The molecular formula is C14H11FN2O. The molecule has 0 aliphatic carbocycles. The van der Waals surface area contributed by atoms with Crippen LogP contribution in [-0.2, 0) is 0 Å². The molecule has 0 fully saturated rings. The van der Waals surface area contributed by atoms with Crippen LogP contribution in [0.15, 0.2) is 30.5 Å². The number of rotatable bonds is 2. The number of hydrogen-bond acceptors (Lipinski definition) is 3. The molecule has 1 aromatic carbocycles. The van der Waals surface area contributed by atoms with Gasteiger partial charge in [0.25, 0.3) is 0 Å². The Morgan fingerprint density at radius 3 is 2.61 bits per heavy atom. The van der Waals surface area contributed by atoms with Gasteiger partial charge >= 0.3 is 0 Å². The number of hydrogen-bond donors (Lipinski definition) is 0. The normalized spacial score (nSPS) is 9.89. The summed E-state index contributed by atoms with van der Waals surface area (Å²) in [5.41, 5.74) is 2.00. The summed E-state index contributed by atoms with van der Waals surface area (Å²) in [6, 6.07) is 8.18. The maximum absolute atomic E-state index is 13.9. The van der Waals surface area contributed by atoms with Crippen LogP contribution in [0.4, 0.5) is 4.39 Å². The first-order chi connectivity index (χ1) is 8.67. The fourth-order valence-electron chi connectivity index (χ4n) is 1.74. The number of aryl methyl sites for hydroxylation is 1. The molecule has 0 saturated heterocycles. The van der Waals surface area contributed by atoms with Gasteiger partial charge in [-0.05, 0) is 25.1 Å². The van der Waals surface area contributed by atoms with Crippen LogP contribution < -0.4 is 4.74 Å². The van der Waals surface area contributed by atoms with Gasteiger partial charge in [-0.3, -0.25) is 4.98 Å². The van der Waals surface area contributed by atoms with Gasteiger partial charge < -0.3 is 4.74 Å². The summed E-state index contributed by atoms with van der Waals surface area (Å²) >= 11 is 0. The molecule has 18 heavy (non-hydrogen) atoms. The van der Waals surface area contributed by atoms with Gasteiger partial charge in [-0.25, -0.2) is 4.39 Å². The molecular weight excluding hydrogens is 231 g/mol. The largest absolute Gasteiger partial charge is 0.495 e. The van der Waals surface area contributed by atoms with Gasteiger partial charge in [-0.1, -0.05) is 6.07 Å². The van der Waals surface area contributed by atoms with Crippen LogP contribution in [0.3, 0.4) is 0 Å². The van der Waals surface area contributed by atoms with Crippen LogP contribution in [0.2, 0.25) is 0 Å². The Morgan fingerprint density at radius 2 is 2.06 bits per heavy atom. The number of nitrogens with zero attached hydrogens (tertiary/aromatic N) is 2. The number of pyridine rings is 1. The van der Waals surface area contributed by atoms with E-state index in [9.17, 15) is 4.39 Å². The van der Waals surface area contributed by atoms with Crippen molar-refractivity contribution in [1.82, 2.24) is 4.98 Å². The number of halogens is 1. The third kappa shape index (κ3) is 2.03. The van der Waals surface area contributed by atoms with Crippen molar-refractivity contribution in [3.63, 3.8) is 0 Å². The molecule has 2 aromatic rings. The number of methoxy groups -OCH3 is 1. The molecule has 0 saturated carbocycles. The molecule has 1 heterocycles. The van der Waals surface area contributed by atoms with Crippen LogP contribution in [0.1, 0.15) is 11.3 Å². The highest BCUT2D eigenvalue weighted by atomic mass is 19.1. The molecule has 0 unspecified atom stereocenters. The van der Waals surface area contributed by atoms with Crippen LogP contribution in [0.5, 0.6) is 5.75 Å². The maximum atomic E-state index is 13.9. The van der Waals surface area contributed by atoms with Crippen molar-refractivity contribution in [2.45, 2.75) is 6.92 Å². The van der Waals surface area contributed by atoms with Crippen molar-refractivity contribution in [1.29, 1.82) is 5.26 Å². The van der Waals surface area contributed by atoms with Gasteiger partial charge in [0.05, 0.1) is 18.2 Å². The average molecular weight is 242 g/mol. The molecule has 1 aromatic heterocycles. The second kappa shape index (κ2) is 4.84. The van der Waals surface area contributed by atoms with Crippen molar-refractivity contribution >= 4 is 0 Å². The first-order valence-electron chi connectivity index (χ1n) is 5.37. The summed E-state index contributed by atoms with van der Waals surface area (Å²) in [6.07, 6.45) is 1.57. The lowest BCUT2D eigenvalue weighted by molar-refractivity contribution is 0.412. The zero-order valence-electron chi connectivity index (χ0n) is 10.1. The lowest BCUT2D eigenvalue weighted by Gasteiger charge is -2.11. The van der Waals surface area contributed by atoms with Gasteiger partial charge in [0.1, 0.15) is 17.6 Å². The van der Waals surface area contributed by atoms with Crippen molar-refractivity contribution < 1.29 is 9.13 Å². The zero-order chi connectivity index (χ0) is 13.1. The summed E-state index contributed by atoms with van der Waals surface area (Å²) in [5, 5.41) is 8.99. The number of nitriles is 1. The Hall–Kier alpha value is -2.41. The van der Waals surface area contributed by atoms with E-state index in [4.69, 9.17) is 10.00 Å². The predicted octanol–water partition coefficient (Wildman–Crippen LogP) is 3.08. The third-order valence-corrected chi connectivity index (χ3v) is 2.63. The second-order valence-electron chi connectivity index (χ2n) is 3.80. The molecule has 0 bridgehead atoms. The minimum Gasteiger partial charge on any atom is -0.495 e. The Bertz CT molecular complexity index is 615. The van der Waals surface area contributed by atoms with Gasteiger partial charge in [0, 0.05) is 17.5 Å². The van der Waals surface area contributed by atoms with Crippen molar-refractivity contribution in [2.24, 2.45) is 0 Å². The van der Waals surface area contributed by atoms with Crippen LogP contribution in [0, 0.1) is 24.1 Å². The summed E-state index contributed by atoms with van der Waals surface area (Å²) in [5.74, 6) is -0.195. The Morgan fingerprint density at radius 1 is 1.28 bits per heavy atom. The SMILES string of the molecule is COc1c(C#N)ccc(F)c1-c1ccc(C)nc1. The molecule has 0 amide bonds. The Balaban J connectivity index is 2.70. The van der Waals surface area contributed by atoms with Gasteiger partial charge in [-0.15, -0.1) is 0 Å². The van der Waals surface area contributed by atoms with Crippen LogP contribution in [0.25, 0.3) is 11.1 Å². The minimum absolute atomic E-state index is 0.239. The molecule has 2 rings (SSSR count). The molecule has 0 atom stereocenters. The van der Waals surface area contributed by atoms with Crippen molar-refractivity contribution in [2.75, 3.05) is 7.11 Å². The van der Waals surface area contributed by atoms with Crippen LogP contribution in [-0.4, -0.2) is 12.1 Å². The summed E-state index contributed by atoms with van der Waals surface area (Å²) < 4.78 is 19.1.